The van der Waals surface area contributed by atoms with Crippen LogP contribution in [0.5, 0.6) is 0 Å². The van der Waals surface area contributed by atoms with E-state index in [1.807, 2.05) is 41.5 Å². The summed E-state index contributed by atoms with van der Waals surface area (Å²) in [5, 5.41) is 6.15. The fraction of sp³-hybridized carbons (Fsp3) is 1.00. The predicted octanol–water partition coefficient (Wildman–Crippen LogP) is 5.23. The quantitative estimate of drug-likeness (QED) is 0.629. The summed E-state index contributed by atoms with van der Waals surface area (Å²) < 4.78 is 25.6. The van der Waals surface area contributed by atoms with E-state index in [9.17, 15) is 8.78 Å². The molecule has 1 heterocycles. The lowest BCUT2D eigenvalue weighted by Gasteiger charge is -2.10. The molecule has 0 saturated carbocycles. The number of rotatable bonds is 7. The Labute approximate surface area is 132 Å². The Bertz CT molecular complexity index is 176. The van der Waals surface area contributed by atoms with Gasteiger partial charge in [-0.2, -0.15) is 0 Å². The van der Waals surface area contributed by atoms with Crippen LogP contribution >= 0.6 is 0 Å². The van der Waals surface area contributed by atoms with E-state index >= 15 is 0 Å². The number of alkyl halides is 2. The molecule has 4 heteroatoms. The maximum atomic E-state index is 12.8. The van der Waals surface area contributed by atoms with E-state index in [0.717, 1.165) is 19.5 Å². The van der Waals surface area contributed by atoms with Crippen molar-refractivity contribution in [3.63, 3.8) is 0 Å². The third kappa shape index (κ3) is 17.7. The molecule has 0 radical (unpaired) electrons. The fourth-order valence-corrected chi connectivity index (χ4v) is 1.90. The van der Waals surface area contributed by atoms with Crippen molar-refractivity contribution in [1.82, 2.24) is 10.6 Å². The highest BCUT2D eigenvalue weighted by molar-refractivity contribution is 4.87. The Balaban J connectivity index is -0.000000478. The van der Waals surface area contributed by atoms with E-state index in [-0.39, 0.29) is 19.0 Å². The van der Waals surface area contributed by atoms with E-state index in [2.05, 4.69) is 17.6 Å². The maximum absolute atomic E-state index is 12.8. The molecular weight excluding hydrogens is 270 g/mol. The van der Waals surface area contributed by atoms with E-state index in [1.165, 1.54) is 19.3 Å². The first-order chi connectivity index (χ1) is 10.1. The number of hydrogen-bond acceptors (Lipinski definition) is 2. The average Bonchev–Trinajstić information content (AvgIpc) is 2.88. The molecule has 21 heavy (non-hydrogen) atoms. The van der Waals surface area contributed by atoms with Crippen molar-refractivity contribution in [2.24, 2.45) is 0 Å². The molecule has 2 nitrogen and oxygen atoms in total. The van der Waals surface area contributed by atoms with Crippen LogP contribution in [0, 0.1) is 0 Å². The van der Waals surface area contributed by atoms with Gasteiger partial charge in [-0.25, -0.2) is 8.78 Å². The van der Waals surface area contributed by atoms with Crippen molar-refractivity contribution in [3.8, 4) is 0 Å². The first-order valence-electron chi connectivity index (χ1n) is 8.96. The first-order valence-corrected chi connectivity index (χ1v) is 8.96. The van der Waals surface area contributed by atoms with Crippen molar-refractivity contribution in [2.75, 3.05) is 19.6 Å². The van der Waals surface area contributed by atoms with Gasteiger partial charge in [0, 0.05) is 12.5 Å². The van der Waals surface area contributed by atoms with Gasteiger partial charge in [0.1, 0.15) is 0 Å². The van der Waals surface area contributed by atoms with Crippen LogP contribution in [0.25, 0.3) is 0 Å². The molecule has 1 aliphatic heterocycles. The number of nitrogens with one attached hydrogen (secondary N) is 2. The number of hydrogen-bond donors (Lipinski definition) is 2. The molecule has 1 fully saturated rings. The van der Waals surface area contributed by atoms with E-state index in [1.54, 1.807) is 0 Å². The lowest BCUT2D eigenvalue weighted by molar-refractivity contribution is 0.0209. The van der Waals surface area contributed by atoms with Gasteiger partial charge < -0.3 is 10.6 Å². The summed E-state index contributed by atoms with van der Waals surface area (Å²) in [6.07, 6.45) is 4.46. The summed E-state index contributed by atoms with van der Waals surface area (Å²) in [6, 6.07) is -0.00123. The van der Waals surface area contributed by atoms with Crippen molar-refractivity contribution in [2.45, 2.75) is 92.5 Å². The molecule has 0 bridgehead atoms. The van der Waals surface area contributed by atoms with E-state index < -0.39 is 5.92 Å². The third-order valence-electron chi connectivity index (χ3n) is 2.82. The molecule has 0 spiro atoms. The molecule has 1 unspecified atom stereocenters. The van der Waals surface area contributed by atoms with Crippen LogP contribution in [0.4, 0.5) is 8.78 Å². The van der Waals surface area contributed by atoms with Gasteiger partial charge in [-0.15, -0.1) is 0 Å². The van der Waals surface area contributed by atoms with Gasteiger partial charge in [-0.3, -0.25) is 0 Å². The second-order valence-corrected chi connectivity index (χ2v) is 4.38. The average molecular weight is 311 g/mol. The molecule has 0 amide bonds. The minimum Gasteiger partial charge on any atom is -0.317 e. The zero-order valence-electron chi connectivity index (χ0n) is 15.5. The van der Waals surface area contributed by atoms with E-state index in [4.69, 9.17) is 0 Å². The molecule has 1 atom stereocenters. The molecule has 0 aromatic rings. The lowest BCUT2D eigenvalue weighted by atomic mass is 10.1. The van der Waals surface area contributed by atoms with Gasteiger partial charge in [-0.05, 0) is 25.9 Å². The van der Waals surface area contributed by atoms with Crippen molar-refractivity contribution < 1.29 is 8.78 Å². The zero-order valence-corrected chi connectivity index (χ0v) is 15.5. The second kappa shape index (κ2) is 19.8. The molecule has 1 saturated heterocycles. The summed E-state index contributed by atoms with van der Waals surface area (Å²) in [7, 11) is 0. The lowest BCUT2D eigenvalue weighted by Crippen LogP contribution is -2.27. The molecule has 1 aliphatic rings. The van der Waals surface area contributed by atoms with Crippen LogP contribution in [-0.4, -0.2) is 31.6 Å². The molecule has 0 aromatic carbocycles. The predicted molar refractivity (Wildman–Crippen MR) is 92.4 cm³/mol. The van der Waals surface area contributed by atoms with E-state index in [0.29, 0.717) is 0 Å². The monoisotopic (exact) mass is 310 g/mol. The normalized spacial score (nSPS) is 18.4. The van der Waals surface area contributed by atoms with Crippen molar-refractivity contribution in [1.29, 1.82) is 0 Å². The molecular formula is C17H40F2N2. The highest BCUT2D eigenvalue weighted by Crippen LogP contribution is 2.26. The largest absolute Gasteiger partial charge is 0.317 e. The van der Waals surface area contributed by atoms with Crippen LogP contribution in [0.1, 0.15) is 80.6 Å². The van der Waals surface area contributed by atoms with Gasteiger partial charge in [0.15, 0.2) is 0 Å². The van der Waals surface area contributed by atoms with Crippen LogP contribution in [0.3, 0.4) is 0 Å². The number of unbranched alkanes of at least 4 members (excludes halogenated alkanes) is 2. The first kappa shape index (κ1) is 25.7. The minimum atomic E-state index is -2.48. The Hall–Kier alpha value is -0.220. The Morgan fingerprint density at radius 1 is 1.00 bits per heavy atom. The topological polar surface area (TPSA) is 24.1 Å². The zero-order chi connectivity index (χ0) is 17.1. The van der Waals surface area contributed by atoms with Crippen LogP contribution in [-0.2, 0) is 0 Å². The SMILES string of the molecule is CC.CC.CC.CCCCCNCCC1CC(F)(F)CN1. The maximum Gasteiger partial charge on any atom is 0.261 e. The van der Waals surface area contributed by atoms with Gasteiger partial charge in [0.25, 0.3) is 5.92 Å². The van der Waals surface area contributed by atoms with Gasteiger partial charge in [0.05, 0.1) is 6.54 Å². The standard InChI is InChI=1S/C11H22F2N2.3C2H6/c1-2-3-4-6-14-7-5-10-8-11(12,13)9-15-10;3*1-2/h10,14-15H,2-9H2,1H3;3*1-2H3. The van der Waals surface area contributed by atoms with Gasteiger partial charge in [0.2, 0.25) is 0 Å². The van der Waals surface area contributed by atoms with Gasteiger partial charge >= 0.3 is 0 Å². The smallest absolute Gasteiger partial charge is 0.261 e. The summed E-state index contributed by atoms with van der Waals surface area (Å²) in [5.41, 5.74) is 0. The number of halogens is 2. The van der Waals surface area contributed by atoms with Crippen LogP contribution in [0.2, 0.25) is 0 Å². The molecule has 1 rings (SSSR count). The third-order valence-corrected chi connectivity index (χ3v) is 2.82. The summed E-state index contributed by atoms with van der Waals surface area (Å²) in [6.45, 7) is 15.9. The Morgan fingerprint density at radius 2 is 1.57 bits per heavy atom. The Kier molecular flexibility index (Phi) is 24.2. The Morgan fingerprint density at radius 3 is 2.00 bits per heavy atom. The molecule has 132 valence electrons. The van der Waals surface area contributed by atoms with Crippen LogP contribution in [0.15, 0.2) is 0 Å². The van der Waals surface area contributed by atoms with Crippen molar-refractivity contribution >= 4 is 0 Å². The second-order valence-electron chi connectivity index (χ2n) is 4.38. The van der Waals surface area contributed by atoms with Crippen molar-refractivity contribution in [3.05, 3.63) is 0 Å². The summed E-state index contributed by atoms with van der Waals surface area (Å²) in [4.78, 5) is 0. The highest BCUT2D eigenvalue weighted by atomic mass is 19.3. The molecule has 0 aromatic heterocycles. The van der Waals surface area contributed by atoms with Crippen LogP contribution < -0.4 is 10.6 Å². The molecule has 0 aliphatic carbocycles. The minimum absolute atomic E-state index is 0.00123. The fourth-order valence-electron chi connectivity index (χ4n) is 1.90. The summed E-state index contributed by atoms with van der Waals surface area (Å²) >= 11 is 0. The van der Waals surface area contributed by atoms with Gasteiger partial charge in [-0.1, -0.05) is 61.3 Å². The highest BCUT2D eigenvalue weighted by Gasteiger charge is 2.38. The molecule has 2 N–H and O–H groups in total. The summed E-state index contributed by atoms with van der Waals surface area (Å²) in [5.74, 6) is -2.48.